The molecule has 1 aromatic heterocycles. The second-order valence-corrected chi connectivity index (χ2v) is 11.0. The van der Waals surface area contributed by atoms with Crippen LogP contribution < -0.4 is 26.2 Å². The van der Waals surface area contributed by atoms with Crippen molar-refractivity contribution < 1.29 is 28.7 Å². The molecule has 0 aliphatic carbocycles. The summed E-state index contributed by atoms with van der Waals surface area (Å²) in [6.45, 7) is 7.26. The summed E-state index contributed by atoms with van der Waals surface area (Å²) in [7, 11) is 0. The van der Waals surface area contributed by atoms with E-state index in [1.54, 1.807) is 37.3 Å². The molecule has 3 aromatic rings. The van der Waals surface area contributed by atoms with E-state index in [9.17, 15) is 24.0 Å². The van der Waals surface area contributed by atoms with Crippen LogP contribution in [0.4, 0.5) is 10.5 Å². The van der Waals surface area contributed by atoms with Gasteiger partial charge in [0.2, 0.25) is 11.8 Å². The van der Waals surface area contributed by atoms with E-state index in [2.05, 4.69) is 20.9 Å². The molecule has 12 nitrogen and oxygen atoms in total. The van der Waals surface area contributed by atoms with E-state index in [-0.39, 0.29) is 30.7 Å². The van der Waals surface area contributed by atoms with Crippen molar-refractivity contribution in [1.82, 2.24) is 20.2 Å². The predicted molar refractivity (Wildman–Crippen MR) is 155 cm³/mol. The van der Waals surface area contributed by atoms with Gasteiger partial charge in [-0.25, -0.2) is 9.78 Å². The number of aryl methyl sites for hydroxylation is 2. The maximum atomic E-state index is 13.3. The Morgan fingerprint density at radius 3 is 2.52 bits per heavy atom. The molecule has 4 amide bonds. The number of para-hydroxylation sites is 1. The van der Waals surface area contributed by atoms with Gasteiger partial charge in [0.1, 0.15) is 28.7 Å². The lowest BCUT2D eigenvalue weighted by atomic mass is 10.1. The lowest BCUT2D eigenvalue weighted by Gasteiger charge is -2.24. The third-order valence-corrected chi connectivity index (χ3v) is 6.51. The molecule has 1 aliphatic heterocycles. The van der Waals surface area contributed by atoms with Gasteiger partial charge >= 0.3 is 6.09 Å². The Morgan fingerprint density at radius 2 is 1.83 bits per heavy atom. The zero-order valence-corrected chi connectivity index (χ0v) is 24.1. The molecule has 0 saturated carbocycles. The Hall–Kier alpha value is -4.74. The van der Waals surface area contributed by atoms with Gasteiger partial charge in [-0.3, -0.25) is 29.1 Å². The van der Waals surface area contributed by atoms with Crippen molar-refractivity contribution in [2.75, 3.05) is 18.5 Å². The Morgan fingerprint density at radius 1 is 1.10 bits per heavy atom. The average molecular weight is 578 g/mol. The first-order valence-electron chi connectivity index (χ1n) is 13.8. The molecule has 42 heavy (non-hydrogen) atoms. The number of hydrogen-bond donors (Lipinski definition) is 3. The van der Waals surface area contributed by atoms with E-state index in [0.29, 0.717) is 29.3 Å². The van der Waals surface area contributed by atoms with Crippen LogP contribution in [-0.2, 0) is 25.5 Å². The van der Waals surface area contributed by atoms with Gasteiger partial charge in [-0.15, -0.1) is 0 Å². The summed E-state index contributed by atoms with van der Waals surface area (Å²) in [5.41, 5.74) is 0.720. The minimum absolute atomic E-state index is 0.131. The number of benzene rings is 2. The number of aromatic nitrogens is 2. The lowest BCUT2D eigenvalue weighted by molar-refractivity contribution is -0.135. The van der Waals surface area contributed by atoms with E-state index in [4.69, 9.17) is 9.47 Å². The third kappa shape index (κ3) is 7.71. The summed E-state index contributed by atoms with van der Waals surface area (Å²) < 4.78 is 12.1. The topological polar surface area (TPSA) is 158 Å². The van der Waals surface area contributed by atoms with E-state index >= 15 is 0 Å². The molecule has 3 N–H and O–H groups in total. The van der Waals surface area contributed by atoms with Crippen LogP contribution in [0.15, 0.2) is 47.3 Å². The van der Waals surface area contributed by atoms with E-state index in [1.807, 2.05) is 32.9 Å². The van der Waals surface area contributed by atoms with Crippen LogP contribution in [0.3, 0.4) is 0 Å². The SMILES string of the molecule is Cc1nc2c(NC(=O)COc3ccc(CCCNC(=O)OC(C)(C)C)cc3)cccc2c(=O)n1C1CCC(=O)NC1=O. The minimum Gasteiger partial charge on any atom is -0.484 e. The quantitative estimate of drug-likeness (QED) is 0.259. The molecule has 2 aromatic carbocycles. The number of hydrogen-bond acceptors (Lipinski definition) is 8. The number of amides is 4. The number of rotatable bonds is 9. The molecule has 1 saturated heterocycles. The highest BCUT2D eigenvalue weighted by Gasteiger charge is 2.30. The first kappa shape index (κ1) is 30.2. The molecule has 0 spiro atoms. The molecule has 0 bridgehead atoms. The Kier molecular flexibility index (Phi) is 9.24. The van der Waals surface area contributed by atoms with Crippen LogP contribution in [0.25, 0.3) is 10.9 Å². The number of piperidine rings is 1. The number of fused-ring (bicyclic) bond motifs is 1. The predicted octanol–water partition coefficient (Wildman–Crippen LogP) is 3.16. The highest BCUT2D eigenvalue weighted by atomic mass is 16.6. The third-order valence-electron chi connectivity index (χ3n) is 6.51. The fourth-order valence-electron chi connectivity index (χ4n) is 4.61. The molecule has 0 radical (unpaired) electrons. The highest BCUT2D eigenvalue weighted by molar-refractivity contribution is 6.01. The molecule has 2 heterocycles. The van der Waals surface area contributed by atoms with Crippen LogP contribution in [0.5, 0.6) is 5.75 Å². The second kappa shape index (κ2) is 12.8. The van der Waals surface area contributed by atoms with Gasteiger partial charge in [-0.2, -0.15) is 0 Å². The Bertz CT molecular complexity index is 1560. The van der Waals surface area contributed by atoms with Crippen molar-refractivity contribution in [1.29, 1.82) is 0 Å². The van der Waals surface area contributed by atoms with Gasteiger partial charge in [0.25, 0.3) is 11.5 Å². The fourth-order valence-corrected chi connectivity index (χ4v) is 4.61. The number of nitrogens with one attached hydrogen (secondary N) is 3. The summed E-state index contributed by atoms with van der Waals surface area (Å²) in [5.74, 6) is -0.542. The summed E-state index contributed by atoms with van der Waals surface area (Å²) in [6, 6.07) is 11.3. The van der Waals surface area contributed by atoms with Crippen LogP contribution in [0, 0.1) is 6.92 Å². The van der Waals surface area contributed by atoms with Crippen molar-refractivity contribution in [3.63, 3.8) is 0 Å². The number of alkyl carbamates (subject to hydrolysis) is 1. The Balaban J connectivity index is 1.32. The summed E-state index contributed by atoms with van der Waals surface area (Å²) in [5, 5.41) is 7.98. The first-order chi connectivity index (χ1) is 19.9. The zero-order chi connectivity index (χ0) is 30.4. The first-order valence-corrected chi connectivity index (χ1v) is 13.8. The van der Waals surface area contributed by atoms with Crippen LogP contribution in [0.2, 0.25) is 0 Å². The molecule has 1 fully saturated rings. The van der Waals surface area contributed by atoms with Crippen molar-refractivity contribution in [3.8, 4) is 5.75 Å². The van der Waals surface area contributed by atoms with Crippen LogP contribution in [0.1, 0.15) is 57.5 Å². The van der Waals surface area contributed by atoms with Gasteiger partial charge in [0, 0.05) is 13.0 Å². The standard InChI is InChI=1S/C30H35N5O7/c1-18-32-26-21(28(39)35(18)23-14-15-24(36)34-27(23)38)8-5-9-22(26)33-25(37)17-41-20-12-10-19(11-13-20)7-6-16-31-29(40)42-30(2,3)4/h5,8-13,23H,6-7,14-17H2,1-4H3,(H,31,40)(H,33,37)(H,34,36,38). The maximum absolute atomic E-state index is 13.3. The van der Waals surface area contributed by atoms with E-state index < -0.39 is 35.1 Å². The van der Waals surface area contributed by atoms with Crippen molar-refractivity contribution >= 4 is 40.4 Å². The normalized spacial score (nSPS) is 15.2. The van der Waals surface area contributed by atoms with Crippen molar-refractivity contribution in [2.24, 2.45) is 0 Å². The molecular weight excluding hydrogens is 542 g/mol. The molecule has 1 atom stereocenters. The largest absolute Gasteiger partial charge is 0.484 e. The number of nitrogens with zero attached hydrogens (tertiary/aromatic N) is 2. The van der Waals surface area contributed by atoms with E-state index in [1.165, 1.54) is 4.57 Å². The molecular formula is C30H35N5O7. The maximum Gasteiger partial charge on any atom is 0.407 e. The highest BCUT2D eigenvalue weighted by Crippen LogP contribution is 2.23. The van der Waals surface area contributed by atoms with Crippen LogP contribution in [-0.4, -0.2) is 52.1 Å². The molecule has 1 aliphatic rings. The summed E-state index contributed by atoms with van der Waals surface area (Å²) in [4.78, 5) is 66.2. The average Bonchev–Trinajstić information content (AvgIpc) is 2.91. The molecule has 1 unspecified atom stereocenters. The smallest absolute Gasteiger partial charge is 0.407 e. The van der Waals surface area contributed by atoms with Crippen LogP contribution >= 0.6 is 0 Å². The number of imide groups is 1. The molecule has 222 valence electrons. The van der Waals surface area contributed by atoms with Gasteiger partial charge in [-0.05, 0) is 76.8 Å². The fraction of sp³-hybridized carbons (Fsp3) is 0.400. The second-order valence-electron chi connectivity index (χ2n) is 11.0. The summed E-state index contributed by atoms with van der Waals surface area (Å²) >= 11 is 0. The Labute approximate surface area is 242 Å². The monoisotopic (exact) mass is 577 g/mol. The van der Waals surface area contributed by atoms with Gasteiger partial charge < -0.3 is 20.1 Å². The number of carbonyl (C=O) groups excluding carboxylic acids is 4. The molecule has 12 heteroatoms. The minimum atomic E-state index is -0.834. The van der Waals surface area contributed by atoms with Crippen molar-refractivity contribution in [3.05, 3.63) is 64.2 Å². The number of carbonyl (C=O) groups is 4. The van der Waals surface area contributed by atoms with Gasteiger partial charge in [-0.1, -0.05) is 18.2 Å². The van der Waals surface area contributed by atoms with Gasteiger partial charge in [0.05, 0.1) is 11.1 Å². The van der Waals surface area contributed by atoms with E-state index in [0.717, 1.165) is 18.4 Å². The zero-order valence-electron chi connectivity index (χ0n) is 24.1. The number of anilines is 1. The summed E-state index contributed by atoms with van der Waals surface area (Å²) in [6.07, 6.45) is 1.38. The number of ether oxygens (including phenoxy) is 2. The lowest BCUT2D eigenvalue weighted by Crippen LogP contribution is -2.45. The van der Waals surface area contributed by atoms with Gasteiger partial charge in [0.15, 0.2) is 6.61 Å². The van der Waals surface area contributed by atoms with Crippen molar-refractivity contribution in [2.45, 2.75) is 65.0 Å². The molecule has 4 rings (SSSR count).